The molecule has 0 unspecified atom stereocenters. The number of hydrogen-bond acceptors (Lipinski definition) is 3. The summed E-state index contributed by atoms with van der Waals surface area (Å²) in [5.41, 5.74) is 1.53. The van der Waals surface area contributed by atoms with Gasteiger partial charge in [-0.1, -0.05) is 12.2 Å². The number of hydrogen-bond donors (Lipinski definition) is 0. The molecular weight excluding hydrogens is 242 g/mol. The van der Waals surface area contributed by atoms with Crippen molar-refractivity contribution in [1.29, 1.82) is 0 Å². The van der Waals surface area contributed by atoms with Crippen LogP contribution in [-0.4, -0.2) is 30.7 Å². The van der Waals surface area contributed by atoms with Gasteiger partial charge in [-0.3, -0.25) is 4.79 Å². The van der Waals surface area contributed by atoms with Gasteiger partial charge in [0.1, 0.15) is 0 Å². The Labute approximate surface area is 112 Å². The molecule has 2 heterocycles. The lowest BCUT2D eigenvalue weighted by atomic mass is 10.0. The normalized spacial score (nSPS) is 17.4. The van der Waals surface area contributed by atoms with Crippen LogP contribution in [0.1, 0.15) is 35.7 Å². The fourth-order valence-electron chi connectivity index (χ4n) is 2.60. The Balaban J connectivity index is 2.03. The first-order valence-electron chi connectivity index (χ1n) is 6.66. The summed E-state index contributed by atoms with van der Waals surface area (Å²) in [4.78, 5) is 14.4. The number of amides is 1. The molecule has 1 saturated heterocycles. The highest BCUT2D eigenvalue weighted by atomic mass is 16.7. The fraction of sp³-hybridized carbons (Fsp3) is 0.400. The molecule has 4 heteroatoms. The summed E-state index contributed by atoms with van der Waals surface area (Å²) in [6.45, 7) is 3.85. The lowest BCUT2D eigenvalue weighted by molar-refractivity contribution is 0.0792. The summed E-state index contributed by atoms with van der Waals surface area (Å²) in [6.07, 6.45) is 6.01. The SMILES string of the molecule is C/C=C/c1c(C(=O)N2CCCC2)ccc2c1OCO2. The van der Waals surface area contributed by atoms with Crippen LogP contribution in [0.2, 0.25) is 0 Å². The molecule has 0 bridgehead atoms. The molecule has 1 fully saturated rings. The minimum Gasteiger partial charge on any atom is -0.454 e. The fourth-order valence-corrected chi connectivity index (χ4v) is 2.60. The van der Waals surface area contributed by atoms with Gasteiger partial charge < -0.3 is 14.4 Å². The predicted molar refractivity (Wildman–Crippen MR) is 72.4 cm³/mol. The average Bonchev–Trinajstić information content (AvgIpc) is 3.10. The molecule has 0 spiro atoms. The number of benzene rings is 1. The van der Waals surface area contributed by atoms with Gasteiger partial charge in [0.25, 0.3) is 5.91 Å². The molecular formula is C15H17NO3. The van der Waals surface area contributed by atoms with Crippen molar-refractivity contribution in [1.82, 2.24) is 4.90 Å². The van der Waals surface area contributed by atoms with E-state index in [0.717, 1.165) is 31.5 Å². The first-order valence-corrected chi connectivity index (χ1v) is 6.66. The smallest absolute Gasteiger partial charge is 0.254 e. The van der Waals surface area contributed by atoms with Crippen LogP contribution in [0.4, 0.5) is 0 Å². The molecule has 1 aromatic carbocycles. The number of rotatable bonds is 2. The van der Waals surface area contributed by atoms with E-state index in [4.69, 9.17) is 9.47 Å². The van der Waals surface area contributed by atoms with Crippen LogP contribution in [-0.2, 0) is 0 Å². The van der Waals surface area contributed by atoms with Crippen LogP contribution in [0.5, 0.6) is 11.5 Å². The number of fused-ring (bicyclic) bond motifs is 1. The standard InChI is InChI=1S/C15H17NO3/c1-2-5-11-12(15(17)16-8-3-4-9-16)6-7-13-14(11)19-10-18-13/h2,5-7H,3-4,8-10H2,1H3/b5-2+. The molecule has 2 aliphatic heterocycles. The Morgan fingerprint density at radius 1 is 1.26 bits per heavy atom. The molecule has 0 saturated carbocycles. The van der Waals surface area contributed by atoms with E-state index in [0.29, 0.717) is 17.1 Å². The van der Waals surface area contributed by atoms with Gasteiger partial charge in [0.2, 0.25) is 6.79 Å². The Hall–Kier alpha value is -1.97. The molecule has 19 heavy (non-hydrogen) atoms. The zero-order valence-corrected chi connectivity index (χ0v) is 11.0. The summed E-state index contributed by atoms with van der Waals surface area (Å²) in [7, 11) is 0. The van der Waals surface area contributed by atoms with Crippen molar-refractivity contribution in [3.63, 3.8) is 0 Å². The zero-order chi connectivity index (χ0) is 13.2. The number of carbonyl (C=O) groups excluding carboxylic acids is 1. The van der Waals surface area contributed by atoms with Gasteiger partial charge in [-0.25, -0.2) is 0 Å². The lowest BCUT2D eigenvalue weighted by Crippen LogP contribution is -2.28. The van der Waals surface area contributed by atoms with Crippen LogP contribution in [0.15, 0.2) is 18.2 Å². The van der Waals surface area contributed by atoms with Gasteiger partial charge in [-0.2, -0.15) is 0 Å². The molecule has 0 aromatic heterocycles. The third-order valence-electron chi connectivity index (χ3n) is 3.53. The summed E-state index contributed by atoms with van der Waals surface area (Å²) in [5.74, 6) is 1.48. The molecule has 100 valence electrons. The van der Waals surface area contributed by atoms with E-state index in [1.165, 1.54) is 0 Å². The van der Waals surface area contributed by atoms with Crippen molar-refractivity contribution in [3.05, 3.63) is 29.3 Å². The Morgan fingerprint density at radius 2 is 2.05 bits per heavy atom. The molecule has 1 aromatic rings. The Kier molecular flexibility index (Phi) is 3.15. The van der Waals surface area contributed by atoms with Crippen molar-refractivity contribution in [2.75, 3.05) is 19.9 Å². The number of allylic oxidation sites excluding steroid dienone is 1. The third-order valence-corrected chi connectivity index (χ3v) is 3.53. The van der Waals surface area contributed by atoms with E-state index in [1.54, 1.807) is 0 Å². The van der Waals surface area contributed by atoms with Gasteiger partial charge in [-0.15, -0.1) is 0 Å². The number of ether oxygens (including phenoxy) is 2. The van der Waals surface area contributed by atoms with E-state index in [9.17, 15) is 4.79 Å². The van der Waals surface area contributed by atoms with Crippen molar-refractivity contribution in [2.45, 2.75) is 19.8 Å². The number of carbonyl (C=O) groups is 1. The van der Waals surface area contributed by atoms with Crippen LogP contribution < -0.4 is 9.47 Å². The molecule has 0 radical (unpaired) electrons. The Morgan fingerprint density at radius 3 is 2.79 bits per heavy atom. The molecule has 4 nitrogen and oxygen atoms in total. The minimum absolute atomic E-state index is 0.0869. The van der Waals surface area contributed by atoms with Crippen molar-refractivity contribution in [2.24, 2.45) is 0 Å². The first-order chi connectivity index (χ1) is 9.31. The van der Waals surface area contributed by atoms with E-state index in [2.05, 4.69) is 0 Å². The van der Waals surface area contributed by atoms with Gasteiger partial charge in [0.15, 0.2) is 11.5 Å². The summed E-state index contributed by atoms with van der Waals surface area (Å²) < 4.78 is 10.9. The maximum absolute atomic E-state index is 12.5. The summed E-state index contributed by atoms with van der Waals surface area (Å²) in [6, 6.07) is 3.65. The highest BCUT2D eigenvalue weighted by Gasteiger charge is 2.26. The topological polar surface area (TPSA) is 38.8 Å². The average molecular weight is 259 g/mol. The van der Waals surface area contributed by atoms with Crippen LogP contribution >= 0.6 is 0 Å². The monoisotopic (exact) mass is 259 g/mol. The van der Waals surface area contributed by atoms with Gasteiger partial charge >= 0.3 is 0 Å². The number of nitrogens with zero attached hydrogens (tertiary/aromatic N) is 1. The molecule has 0 N–H and O–H groups in total. The van der Waals surface area contributed by atoms with E-state index < -0.39 is 0 Å². The lowest BCUT2D eigenvalue weighted by Gasteiger charge is -2.17. The summed E-state index contributed by atoms with van der Waals surface area (Å²) in [5, 5.41) is 0. The second-order valence-electron chi connectivity index (χ2n) is 4.76. The van der Waals surface area contributed by atoms with Crippen molar-refractivity contribution in [3.8, 4) is 11.5 Å². The quantitative estimate of drug-likeness (QED) is 0.819. The third kappa shape index (κ3) is 2.07. The predicted octanol–water partition coefficient (Wildman–Crippen LogP) is 2.68. The zero-order valence-electron chi connectivity index (χ0n) is 11.0. The van der Waals surface area contributed by atoms with Crippen LogP contribution in [0, 0.1) is 0 Å². The highest BCUT2D eigenvalue weighted by molar-refractivity contribution is 5.99. The minimum atomic E-state index is 0.0869. The van der Waals surface area contributed by atoms with Gasteiger partial charge in [0, 0.05) is 18.7 Å². The molecule has 3 rings (SSSR count). The second kappa shape index (κ2) is 4.96. The molecule has 1 amide bonds. The van der Waals surface area contributed by atoms with Crippen molar-refractivity contribution >= 4 is 12.0 Å². The molecule has 0 aliphatic carbocycles. The van der Waals surface area contributed by atoms with E-state index in [1.807, 2.05) is 36.1 Å². The second-order valence-corrected chi connectivity index (χ2v) is 4.76. The molecule has 0 atom stereocenters. The highest BCUT2D eigenvalue weighted by Crippen LogP contribution is 2.38. The van der Waals surface area contributed by atoms with Gasteiger partial charge in [-0.05, 0) is 31.9 Å². The van der Waals surface area contributed by atoms with E-state index >= 15 is 0 Å². The maximum Gasteiger partial charge on any atom is 0.254 e. The molecule has 2 aliphatic rings. The number of likely N-dealkylation sites (tertiary alicyclic amines) is 1. The Bertz CT molecular complexity index is 530. The van der Waals surface area contributed by atoms with E-state index in [-0.39, 0.29) is 12.7 Å². The van der Waals surface area contributed by atoms with Crippen molar-refractivity contribution < 1.29 is 14.3 Å². The maximum atomic E-state index is 12.5. The van der Waals surface area contributed by atoms with Crippen LogP contribution in [0.25, 0.3) is 6.08 Å². The summed E-state index contributed by atoms with van der Waals surface area (Å²) >= 11 is 0. The van der Waals surface area contributed by atoms with Crippen LogP contribution in [0.3, 0.4) is 0 Å². The van der Waals surface area contributed by atoms with Gasteiger partial charge in [0.05, 0.1) is 5.56 Å². The first kappa shape index (κ1) is 12.1. The largest absolute Gasteiger partial charge is 0.454 e.